The number of amides is 1. The molecule has 0 radical (unpaired) electrons. The van der Waals surface area contributed by atoms with E-state index in [1.165, 1.54) is 12.1 Å². The predicted molar refractivity (Wildman–Crippen MR) is 129 cm³/mol. The zero-order valence-electron chi connectivity index (χ0n) is 18.4. The highest BCUT2D eigenvalue weighted by Gasteiger charge is 2.31. The SMILES string of the molecule is Cn1cc(-c2ccc(F)cc2)c(C(=O)N2CCCC[C@H]2Cc2nc(-c3ccccc3)cs2)n1. The van der Waals surface area contributed by atoms with E-state index < -0.39 is 0 Å². The van der Waals surface area contributed by atoms with Crippen molar-refractivity contribution in [2.75, 3.05) is 6.54 Å². The van der Waals surface area contributed by atoms with E-state index in [9.17, 15) is 9.18 Å². The molecule has 0 spiro atoms. The molecule has 1 atom stereocenters. The molecule has 1 aliphatic rings. The van der Waals surface area contributed by atoms with Crippen molar-refractivity contribution in [3.63, 3.8) is 0 Å². The number of halogens is 1. The number of piperidine rings is 1. The first-order valence-electron chi connectivity index (χ1n) is 11.2. The van der Waals surface area contributed by atoms with E-state index in [0.717, 1.165) is 53.1 Å². The van der Waals surface area contributed by atoms with Gasteiger partial charge in [0, 0.05) is 48.8 Å². The molecule has 168 valence electrons. The Labute approximate surface area is 196 Å². The molecule has 3 heterocycles. The van der Waals surface area contributed by atoms with Crippen molar-refractivity contribution in [1.29, 1.82) is 0 Å². The van der Waals surface area contributed by atoms with E-state index in [-0.39, 0.29) is 17.8 Å². The average Bonchev–Trinajstić information content (AvgIpc) is 3.47. The van der Waals surface area contributed by atoms with Gasteiger partial charge in [0.2, 0.25) is 0 Å². The van der Waals surface area contributed by atoms with E-state index in [2.05, 4.69) is 22.6 Å². The third kappa shape index (κ3) is 4.59. The Hall–Kier alpha value is -3.32. The van der Waals surface area contributed by atoms with E-state index in [4.69, 9.17) is 4.98 Å². The minimum atomic E-state index is -0.301. The molecule has 2 aromatic heterocycles. The maximum absolute atomic E-state index is 13.7. The number of rotatable bonds is 5. The van der Waals surface area contributed by atoms with Gasteiger partial charge in [-0.05, 0) is 37.0 Å². The number of thiazole rings is 1. The lowest BCUT2D eigenvalue weighted by molar-refractivity contribution is 0.0607. The lowest BCUT2D eigenvalue weighted by atomic mass is 9.98. The Balaban J connectivity index is 1.39. The maximum atomic E-state index is 13.7. The minimum Gasteiger partial charge on any atom is -0.334 e. The highest BCUT2D eigenvalue weighted by molar-refractivity contribution is 7.09. The van der Waals surface area contributed by atoms with Crippen LogP contribution in [-0.2, 0) is 13.5 Å². The van der Waals surface area contributed by atoms with Crippen LogP contribution in [0.15, 0.2) is 66.2 Å². The largest absolute Gasteiger partial charge is 0.334 e. The van der Waals surface area contributed by atoms with Gasteiger partial charge in [-0.25, -0.2) is 9.37 Å². The van der Waals surface area contributed by atoms with Crippen LogP contribution < -0.4 is 0 Å². The van der Waals surface area contributed by atoms with E-state index >= 15 is 0 Å². The van der Waals surface area contributed by atoms with Gasteiger partial charge < -0.3 is 4.90 Å². The van der Waals surface area contributed by atoms with Crippen LogP contribution in [0, 0.1) is 5.82 Å². The topological polar surface area (TPSA) is 51.0 Å². The van der Waals surface area contributed by atoms with Gasteiger partial charge in [0.05, 0.1) is 10.7 Å². The van der Waals surface area contributed by atoms with Gasteiger partial charge in [-0.15, -0.1) is 11.3 Å². The smallest absolute Gasteiger partial charge is 0.275 e. The lowest BCUT2D eigenvalue weighted by Gasteiger charge is -2.35. The van der Waals surface area contributed by atoms with Crippen molar-refractivity contribution in [3.05, 3.63) is 82.7 Å². The van der Waals surface area contributed by atoms with Crippen LogP contribution in [0.25, 0.3) is 22.4 Å². The zero-order valence-corrected chi connectivity index (χ0v) is 19.3. The summed E-state index contributed by atoms with van der Waals surface area (Å²) in [5.74, 6) is -0.371. The number of nitrogens with zero attached hydrogens (tertiary/aromatic N) is 4. The van der Waals surface area contributed by atoms with Crippen molar-refractivity contribution in [3.8, 4) is 22.4 Å². The summed E-state index contributed by atoms with van der Waals surface area (Å²) in [6.07, 6.45) is 5.59. The van der Waals surface area contributed by atoms with Gasteiger partial charge in [0.25, 0.3) is 5.91 Å². The van der Waals surface area contributed by atoms with Gasteiger partial charge in [0.15, 0.2) is 5.69 Å². The Morgan fingerprint density at radius 1 is 1.09 bits per heavy atom. The van der Waals surface area contributed by atoms with Gasteiger partial charge in [-0.3, -0.25) is 9.48 Å². The Morgan fingerprint density at radius 2 is 1.88 bits per heavy atom. The first-order valence-corrected chi connectivity index (χ1v) is 12.1. The Bertz CT molecular complexity index is 1250. The van der Waals surface area contributed by atoms with E-state index in [1.807, 2.05) is 29.3 Å². The highest BCUT2D eigenvalue weighted by atomic mass is 32.1. The predicted octanol–water partition coefficient (Wildman–Crippen LogP) is 5.59. The quantitative estimate of drug-likeness (QED) is 0.390. The van der Waals surface area contributed by atoms with Crippen molar-refractivity contribution < 1.29 is 9.18 Å². The summed E-state index contributed by atoms with van der Waals surface area (Å²) in [5, 5.41) is 7.62. The third-order valence-corrected chi connectivity index (χ3v) is 6.98. The summed E-state index contributed by atoms with van der Waals surface area (Å²) in [6, 6.07) is 16.4. The second-order valence-corrected chi connectivity index (χ2v) is 9.36. The second kappa shape index (κ2) is 9.27. The molecule has 1 saturated heterocycles. The normalized spacial score (nSPS) is 16.2. The van der Waals surface area contributed by atoms with Gasteiger partial charge in [-0.1, -0.05) is 42.5 Å². The van der Waals surface area contributed by atoms with Gasteiger partial charge >= 0.3 is 0 Å². The number of carbonyl (C=O) groups is 1. The van der Waals surface area contributed by atoms with Crippen LogP contribution in [0.3, 0.4) is 0 Å². The molecular weight excluding hydrogens is 435 g/mol. The minimum absolute atomic E-state index is 0.0699. The summed E-state index contributed by atoms with van der Waals surface area (Å²) in [5.41, 5.74) is 4.02. The highest BCUT2D eigenvalue weighted by Crippen LogP contribution is 2.29. The van der Waals surface area contributed by atoms with Crippen LogP contribution >= 0.6 is 11.3 Å². The van der Waals surface area contributed by atoms with Crippen molar-refractivity contribution in [1.82, 2.24) is 19.7 Å². The van der Waals surface area contributed by atoms with Crippen molar-refractivity contribution in [2.24, 2.45) is 7.05 Å². The third-order valence-electron chi connectivity index (χ3n) is 6.11. The maximum Gasteiger partial charge on any atom is 0.275 e. The summed E-state index contributed by atoms with van der Waals surface area (Å²) >= 11 is 1.65. The van der Waals surface area contributed by atoms with Crippen LogP contribution in [0.1, 0.15) is 34.8 Å². The van der Waals surface area contributed by atoms with E-state index in [1.54, 1.807) is 35.2 Å². The first kappa shape index (κ1) is 21.5. The van der Waals surface area contributed by atoms with Crippen molar-refractivity contribution >= 4 is 17.2 Å². The molecule has 2 aromatic carbocycles. The molecule has 0 saturated carbocycles. The molecule has 1 amide bonds. The van der Waals surface area contributed by atoms with Gasteiger partial charge in [0.1, 0.15) is 5.82 Å². The lowest BCUT2D eigenvalue weighted by Crippen LogP contribution is -2.45. The summed E-state index contributed by atoms with van der Waals surface area (Å²) in [4.78, 5) is 20.5. The molecule has 0 N–H and O–H groups in total. The van der Waals surface area contributed by atoms with Crippen LogP contribution in [0.2, 0.25) is 0 Å². The first-order chi connectivity index (χ1) is 16.1. The van der Waals surface area contributed by atoms with Gasteiger partial charge in [-0.2, -0.15) is 5.10 Å². The fraction of sp³-hybridized carbons (Fsp3) is 0.269. The summed E-state index contributed by atoms with van der Waals surface area (Å²) < 4.78 is 15.1. The van der Waals surface area contributed by atoms with Crippen LogP contribution in [-0.4, -0.2) is 38.2 Å². The summed E-state index contributed by atoms with van der Waals surface area (Å²) in [6.45, 7) is 0.708. The number of hydrogen-bond donors (Lipinski definition) is 0. The van der Waals surface area contributed by atoms with Crippen molar-refractivity contribution in [2.45, 2.75) is 31.7 Å². The number of benzene rings is 2. The molecule has 7 heteroatoms. The molecular formula is C26H25FN4OS. The fourth-order valence-electron chi connectivity index (χ4n) is 4.45. The molecule has 5 rings (SSSR count). The second-order valence-electron chi connectivity index (χ2n) is 8.42. The monoisotopic (exact) mass is 460 g/mol. The number of hydrogen-bond acceptors (Lipinski definition) is 4. The fourth-order valence-corrected chi connectivity index (χ4v) is 5.33. The molecule has 4 aromatic rings. The molecule has 1 fully saturated rings. The Morgan fingerprint density at radius 3 is 2.67 bits per heavy atom. The van der Waals surface area contributed by atoms with Crippen LogP contribution in [0.5, 0.6) is 0 Å². The summed E-state index contributed by atoms with van der Waals surface area (Å²) in [7, 11) is 1.80. The number of aryl methyl sites for hydroxylation is 1. The molecule has 0 unspecified atom stereocenters. The molecule has 5 nitrogen and oxygen atoms in total. The average molecular weight is 461 g/mol. The number of likely N-dealkylation sites (tertiary alicyclic amines) is 1. The zero-order chi connectivity index (χ0) is 22.8. The Kier molecular flexibility index (Phi) is 6.05. The molecule has 0 aliphatic carbocycles. The number of carbonyl (C=O) groups excluding carboxylic acids is 1. The van der Waals surface area contributed by atoms with Crippen LogP contribution in [0.4, 0.5) is 4.39 Å². The molecule has 1 aliphatic heterocycles. The standard InChI is InChI=1S/C26H25FN4OS/c1-30-16-22(18-10-12-20(27)13-11-18)25(29-30)26(32)31-14-6-5-9-21(31)15-24-28-23(17-33-24)19-7-3-2-4-8-19/h2-4,7-8,10-13,16-17,21H,5-6,9,14-15H2,1H3/t21-/m0/s1. The molecule has 0 bridgehead atoms. The molecule has 33 heavy (non-hydrogen) atoms. The number of aromatic nitrogens is 3. The van der Waals surface area contributed by atoms with E-state index in [0.29, 0.717) is 12.2 Å².